The van der Waals surface area contributed by atoms with Gasteiger partial charge in [0.05, 0.1) is 11.4 Å². The van der Waals surface area contributed by atoms with Gasteiger partial charge in [0, 0.05) is 18.2 Å². The van der Waals surface area contributed by atoms with Crippen LogP contribution < -0.4 is 4.31 Å². The van der Waals surface area contributed by atoms with Gasteiger partial charge in [-0.25, -0.2) is 13.4 Å². The monoisotopic (exact) mass is 364 g/mol. The predicted molar refractivity (Wildman–Crippen MR) is 103 cm³/mol. The molecule has 0 unspecified atom stereocenters. The first-order valence-electron chi connectivity index (χ1n) is 8.50. The Bertz CT molecular complexity index is 1240. The molecule has 5 nitrogen and oxygen atoms in total. The molecule has 5 rings (SSSR count). The molecule has 1 aliphatic heterocycles. The van der Waals surface area contributed by atoms with Gasteiger partial charge in [0.15, 0.2) is 5.58 Å². The molecule has 1 saturated heterocycles. The Hall–Kier alpha value is -2.86. The van der Waals surface area contributed by atoms with Crippen molar-refractivity contribution < 1.29 is 12.8 Å². The normalized spacial score (nSPS) is 16.5. The molecule has 26 heavy (non-hydrogen) atoms. The molecule has 0 saturated carbocycles. The average Bonchev–Trinajstić information content (AvgIpc) is 3.23. The van der Waals surface area contributed by atoms with Crippen molar-refractivity contribution in [1.82, 2.24) is 4.98 Å². The second-order valence-corrected chi connectivity index (χ2v) is 8.49. The third kappa shape index (κ3) is 2.45. The summed E-state index contributed by atoms with van der Waals surface area (Å²) in [6.45, 7) is 0.513. The number of hydrogen-bond donors (Lipinski definition) is 0. The van der Waals surface area contributed by atoms with Gasteiger partial charge < -0.3 is 4.42 Å². The minimum atomic E-state index is -3.21. The Labute approximate surface area is 150 Å². The van der Waals surface area contributed by atoms with E-state index in [4.69, 9.17) is 4.42 Å². The quantitative estimate of drug-likeness (QED) is 0.535. The summed E-state index contributed by atoms with van der Waals surface area (Å²) in [6.07, 6.45) is 0.652. The molecule has 1 aliphatic rings. The number of hydrogen-bond acceptors (Lipinski definition) is 4. The summed E-state index contributed by atoms with van der Waals surface area (Å²) in [7, 11) is -3.21. The van der Waals surface area contributed by atoms with Crippen LogP contribution >= 0.6 is 0 Å². The lowest BCUT2D eigenvalue weighted by atomic mass is 10.1. The second kappa shape index (κ2) is 5.57. The third-order valence-corrected chi connectivity index (χ3v) is 6.63. The van der Waals surface area contributed by atoms with E-state index in [-0.39, 0.29) is 5.75 Å². The first-order chi connectivity index (χ1) is 12.6. The molecule has 3 aromatic carbocycles. The number of sulfonamides is 1. The van der Waals surface area contributed by atoms with Gasteiger partial charge in [0.25, 0.3) is 0 Å². The fraction of sp³-hybridized carbons (Fsp3) is 0.150. The first kappa shape index (κ1) is 15.4. The maximum Gasteiger partial charge on any atom is 0.235 e. The van der Waals surface area contributed by atoms with Crippen molar-refractivity contribution in [1.29, 1.82) is 0 Å². The zero-order valence-electron chi connectivity index (χ0n) is 13.9. The summed E-state index contributed by atoms with van der Waals surface area (Å²) in [4.78, 5) is 4.56. The van der Waals surface area contributed by atoms with E-state index in [1.165, 1.54) is 4.31 Å². The van der Waals surface area contributed by atoms with E-state index >= 15 is 0 Å². The zero-order valence-corrected chi connectivity index (χ0v) is 14.7. The lowest BCUT2D eigenvalue weighted by molar-refractivity contribution is 0.599. The van der Waals surface area contributed by atoms with Gasteiger partial charge in [0.1, 0.15) is 5.52 Å². The van der Waals surface area contributed by atoms with Crippen LogP contribution in [0.25, 0.3) is 33.3 Å². The molecule has 0 bridgehead atoms. The van der Waals surface area contributed by atoms with Gasteiger partial charge in [0.2, 0.25) is 15.9 Å². The Morgan fingerprint density at radius 1 is 0.962 bits per heavy atom. The van der Waals surface area contributed by atoms with Crippen molar-refractivity contribution >= 4 is 37.6 Å². The van der Waals surface area contributed by atoms with E-state index in [0.29, 0.717) is 35.6 Å². The molecular formula is C20H16N2O3S. The Balaban J connectivity index is 1.59. The number of fused-ring (bicyclic) bond motifs is 2. The van der Waals surface area contributed by atoms with Crippen molar-refractivity contribution in [2.75, 3.05) is 16.6 Å². The molecule has 6 heteroatoms. The van der Waals surface area contributed by atoms with Crippen LogP contribution in [-0.2, 0) is 10.0 Å². The first-order valence-corrected chi connectivity index (χ1v) is 10.1. The fourth-order valence-electron chi connectivity index (χ4n) is 3.44. The fourth-order valence-corrected chi connectivity index (χ4v) is 5.00. The third-order valence-electron chi connectivity index (χ3n) is 4.76. The summed E-state index contributed by atoms with van der Waals surface area (Å²) in [6, 6.07) is 19.6. The maximum atomic E-state index is 12.1. The summed E-state index contributed by atoms with van der Waals surface area (Å²) >= 11 is 0. The van der Waals surface area contributed by atoms with Gasteiger partial charge in [-0.2, -0.15) is 0 Å². The molecular weight excluding hydrogens is 348 g/mol. The number of anilines is 1. The lowest BCUT2D eigenvalue weighted by Gasteiger charge is -2.16. The molecule has 4 aromatic rings. The largest absolute Gasteiger partial charge is 0.436 e. The molecule has 0 spiro atoms. The average molecular weight is 364 g/mol. The molecule has 1 aromatic heterocycles. The molecule has 0 N–H and O–H groups in total. The molecule has 2 heterocycles. The van der Waals surface area contributed by atoms with Crippen LogP contribution in [-0.4, -0.2) is 25.7 Å². The van der Waals surface area contributed by atoms with Crippen LogP contribution in [0, 0.1) is 0 Å². The maximum absolute atomic E-state index is 12.1. The molecule has 0 atom stereocenters. The Morgan fingerprint density at radius 2 is 1.81 bits per heavy atom. The van der Waals surface area contributed by atoms with E-state index in [1.807, 2.05) is 36.4 Å². The smallest absolute Gasteiger partial charge is 0.235 e. The minimum Gasteiger partial charge on any atom is -0.436 e. The van der Waals surface area contributed by atoms with E-state index in [9.17, 15) is 8.42 Å². The van der Waals surface area contributed by atoms with Crippen molar-refractivity contribution in [3.63, 3.8) is 0 Å². The highest BCUT2D eigenvalue weighted by Crippen LogP contribution is 2.31. The number of oxazole rings is 1. The van der Waals surface area contributed by atoms with Crippen LogP contribution in [0.3, 0.4) is 0 Å². The SMILES string of the molecule is O=S1(=O)CCCN1c1ccc2nc(-c3ccc4ccccc4c3)oc2c1. The summed E-state index contributed by atoms with van der Waals surface area (Å²) < 4.78 is 31.6. The number of rotatable bonds is 2. The van der Waals surface area contributed by atoms with Crippen LogP contribution in [0.1, 0.15) is 6.42 Å². The van der Waals surface area contributed by atoms with Gasteiger partial charge in [-0.1, -0.05) is 30.3 Å². The second-order valence-electron chi connectivity index (χ2n) is 6.47. The Kier molecular flexibility index (Phi) is 3.30. The molecule has 1 fully saturated rings. The predicted octanol–water partition coefficient (Wildman–Crippen LogP) is 4.19. The minimum absolute atomic E-state index is 0.198. The molecule has 0 radical (unpaired) electrons. The van der Waals surface area contributed by atoms with Gasteiger partial charge in [-0.3, -0.25) is 4.31 Å². The van der Waals surface area contributed by atoms with Crippen LogP contribution in [0.15, 0.2) is 65.1 Å². The van der Waals surface area contributed by atoms with Crippen molar-refractivity contribution in [3.8, 4) is 11.5 Å². The zero-order chi connectivity index (χ0) is 17.7. The van der Waals surface area contributed by atoms with Crippen LogP contribution in [0.5, 0.6) is 0 Å². The van der Waals surface area contributed by atoms with Crippen molar-refractivity contribution in [3.05, 3.63) is 60.7 Å². The van der Waals surface area contributed by atoms with E-state index < -0.39 is 10.0 Å². The molecule has 130 valence electrons. The summed E-state index contributed by atoms with van der Waals surface area (Å²) in [5.41, 5.74) is 2.84. The van der Waals surface area contributed by atoms with E-state index in [0.717, 1.165) is 16.3 Å². The van der Waals surface area contributed by atoms with Crippen molar-refractivity contribution in [2.24, 2.45) is 0 Å². The van der Waals surface area contributed by atoms with Crippen molar-refractivity contribution in [2.45, 2.75) is 6.42 Å². The highest BCUT2D eigenvalue weighted by Gasteiger charge is 2.28. The number of nitrogens with zero attached hydrogens (tertiary/aromatic N) is 2. The molecule has 0 aliphatic carbocycles. The summed E-state index contributed by atoms with van der Waals surface area (Å²) in [5, 5.41) is 2.28. The van der Waals surface area contributed by atoms with Crippen LogP contribution in [0.2, 0.25) is 0 Å². The highest BCUT2D eigenvalue weighted by molar-refractivity contribution is 7.93. The topological polar surface area (TPSA) is 63.4 Å². The standard InChI is InChI=1S/C20H16N2O3S/c23-26(24)11-3-10-22(26)17-8-9-18-19(13-17)25-20(21-18)16-7-6-14-4-1-2-5-15(14)12-16/h1-2,4-9,12-13H,3,10-11H2. The van der Waals surface area contributed by atoms with E-state index in [1.54, 1.807) is 12.1 Å². The highest BCUT2D eigenvalue weighted by atomic mass is 32.2. The van der Waals surface area contributed by atoms with Crippen LogP contribution in [0.4, 0.5) is 5.69 Å². The van der Waals surface area contributed by atoms with E-state index in [2.05, 4.69) is 17.1 Å². The number of benzene rings is 3. The number of aromatic nitrogens is 1. The van der Waals surface area contributed by atoms with Gasteiger partial charge in [-0.05, 0) is 41.5 Å². The Morgan fingerprint density at radius 3 is 2.62 bits per heavy atom. The molecule has 0 amide bonds. The van der Waals surface area contributed by atoms with Gasteiger partial charge in [-0.15, -0.1) is 0 Å². The summed E-state index contributed by atoms with van der Waals surface area (Å²) in [5.74, 6) is 0.733. The lowest BCUT2D eigenvalue weighted by Crippen LogP contribution is -2.24. The van der Waals surface area contributed by atoms with Gasteiger partial charge >= 0.3 is 0 Å².